The van der Waals surface area contributed by atoms with Crippen LogP contribution < -0.4 is 5.56 Å². The van der Waals surface area contributed by atoms with Gasteiger partial charge in [0.2, 0.25) is 0 Å². The first-order valence-corrected chi connectivity index (χ1v) is 23.9. The number of hydrogen-bond acceptors (Lipinski definition) is 3. The van der Waals surface area contributed by atoms with Gasteiger partial charge >= 0.3 is 96.7 Å². The second-order valence-corrected chi connectivity index (χ2v) is 40.4. The number of nitrogens with zero attached hydrogens (tertiary/aromatic N) is 3. The van der Waals surface area contributed by atoms with Crippen LogP contribution >= 0.6 is 0 Å². The Morgan fingerprint density at radius 2 is 1.75 bits per heavy atom. The van der Waals surface area contributed by atoms with Gasteiger partial charge in [-0.15, -0.1) is 0 Å². The van der Waals surface area contributed by atoms with Crippen LogP contribution in [0.5, 0.6) is 0 Å². The van der Waals surface area contributed by atoms with Gasteiger partial charge in [0.25, 0.3) is 0 Å². The number of rotatable bonds is 1. The SMILES string of the molecule is [CH3][U]([CH3])([CH3])([CH3])[n]1nnc2ccccc2c1=O. The Kier molecular flexibility index (Phi) is 2.52. The topological polar surface area (TPSA) is 47.8 Å². The van der Waals surface area contributed by atoms with Gasteiger partial charge in [0, 0.05) is 0 Å². The van der Waals surface area contributed by atoms with Gasteiger partial charge in [-0.3, -0.25) is 0 Å². The van der Waals surface area contributed by atoms with Crippen LogP contribution in [-0.2, 0) is 0 Å². The van der Waals surface area contributed by atoms with E-state index in [2.05, 4.69) is 26.1 Å². The van der Waals surface area contributed by atoms with Crippen LogP contribution in [0.3, 0.4) is 0 Å². The quantitative estimate of drug-likeness (QED) is 0.679. The molecule has 2 aromatic rings. The molecule has 0 aliphatic rings. The van der Waals surface area contributed by atoms with E-state index >= 15 is 0 Å². The summed E-state index contributed by atoms with van der Waals surface area (Å²) in [6, 6.07) is 7.35. The van der Waals surface area contributed by atoms with Crippen molar-refractivity contribution in [2.45, 2.75) is 15.8 Å². The fourth-order valence-corrected chi connectivity index (χ4v) is 7.13. The Hall–Kier alpha value is -0.658. The first-order valence-electron chi connectivity index (χ1n) is 5.35. The maximum atomic E-state index is 12.3. The molecule has 1 aromatic heterocycles. The van der Waals surface area contributed by atoms with Gasteiger partial charge in [-0.25, -0.2) is 0 Å². The Balaban J connectivity index is 2.87. The van der Waals surface area contributed by atoms with E-state index in [0.29, 0.717) is 10.9 Å². The molecule has 0 bridgehead atoms. The molecule has 1 aromatic carbocycles. The van der Waals surface area contributed by atoms with Crippen molar-refractivity contribution >= 4 is 10.9 Å². The van der Waals surface area contributed by atoms with Crippen LogP contribution in [0.15, 0.2) is 29.1 Å². The fraction of sp³-hybridized carbons (Fsp3) is 0.364. The summed E-state index contributed by atoms with van der Waals surface area (Å²) < 4.78 is 10.4. The van der Waals surface area contributed by atoms with Gasteiger partial charge < -0.3 is 0 Å². The molecule has 5 heteroatoms. The summed E-state index contributed by atoms with van der Waals surface area (Å²) in [4.78, 5) is 12.3. The second kappa shape index (κ2) is 3.41. The molecule has 0 saturated carbocycles. The average molecular weight is 444 g/mol. The van der Waals surface area contributed by atoms with E-state index in [1.165, 1.54) is 0 Å². The van der Waals surface area contributed by atoms with Crippen LogP contribution in [0.25, 0.3) is 10.9 Å². The standard InChI is InChI=1S/C7H5N3O.4CH3.U/c11-7-5-3-1-2-4-6(5)8-10-9-7;;;;;/h1-4H,(H,8,9,11);4*1H3;/q;;;;;+1/p-1. The van der Waals surface area contributed by atoms with E-state index in [-0.39, 0.29) is 5.56 Å². The van der Waals surface area contributed by atoms with Gasteiger partial charge in [0.15, 0.2) is 0 Å². The van der Waals surface area contributed by atoms with Crippen molar-refractivity contribution in [2.75, 3.05) is 0 Å². The molecule has 0 N–H and O–H groups in total. The van der Waals surface area contributed by atoms with Gasteiger partial charge in [-0.1, -0.05) is 0 Å². The molecule has 0 aliphatic heterocycles. The minimum atomic E-state index is -3.30. The fourth-order valence-electron chi connectivity index (χ4n) is 1.57. The number of aromatic nitrogens is 3. The number of fused-ring (bicyclic) bond motifs is 1. The molecule has 85 valence electrons. The first-order chi connectivity index (χ1) is 7.26. The zero-order valence-electron chi connectivity index (χ0n) is 10.1. The molecule has 1 heterocycles. The Morgan fingerprint density at radius 1 is 1.12 bits per heavy atom. The molecule has 0 saturated heterocycles. The van der Waals surface area contributed by atoms with Crippen molar-refractivity contribution in [2.24, 2.45) is 0 Å². The van der Waals surface area contributed by atoms with E-state index < -0.39 is 23.0 Å². The van der Waals surface area contributed by atoms with E-state index in [0.717, 1.165) is 0 Å². The van der Waals surface area contributed by atoms with Gasteiger partial charge in [0.1, 0.15) is 0 Å². The van der Waals surface area contributed by atoms with Crippen LogP contribution in [0.2, 0.25) is 15.8 Å². The monoisotopic (exact) mass is 444 g/mol. The van der Waals surface area contributed by atoms with Crippen molar-refractivity contribution in [1.82, 2.24) is 12.3 Å². The Morgan fingerprint density at radius 3 is 2.38 bits per heavy atom. The van der Waals surface area contributed by atoms with Crippen molar-refractivity contribution in [3.63, 3.8) is 0 Å². The molecule has 0 atom stereocenters. The number of hydrogen-bond donors (Lipinski definition) is 0. The third-order valence-corrected chi connectivity index (χ3v) is 10.7. The van der Waals surface area contributed by atoms with E-state index in [4.69, 9.17) is 0 Å². The van der Waals surface area contributed by atoms with Gasteiger partial charge in [-0.2, -0.15) is 0 Å². The van der Waals surface area contributed by atoms with Crippen LogP contribution in [0, 0.1) is 23.0 Å². The first kappa shape index (κ1) is 11.8. The summed E-state index contributed by atoms with van der Waals surface area (Å²) in [6.07, 6.45) is 0. The average Bonchev–Trinajstić information content (AvgIpc) is 2.15. The van der Waals surface area contributed by atoms with E-state index in [1.807, 2.05) is 24.3 Å². The molecule has 4 nitrogen and oxygen atoms in total. The molecule has 0 fully saturated rings. The van der Waals surface area contributed by atoms with Crippen LogP contribution in [0.1, 0.15) is 0 Å². The third-order valence-electron chi connectivity index (χ3n) is 2.42. The molecular formula is C11H16N3OU. The summed E-state index contributed by atoms with van der Waals surface area (Å²) in [7, 11) is 0. The molecule has 0 unspecified atom stereocenters. The minimum absolute atomic E-state index is 0.00115. The van der Waals surface area contributed by atoms with Crippen molar-refractivity contribution in [3.8, 4) is 0 Å². The third kappa shape index (κ3) is 2.07. The molecular weight excluding hydrogens is 428 g/mol. The molecule has 0 spiro atoms. The van der Waals surface area contributed by atoms with E-state index in [1.54, 1.807) is 2.02 Å². The molecule has 0 radical (unpaired) electrons. The van der Waals surface area contributed by atoms with Crippen LogP contribution in [-0.4, -0.2) is 12.3 Å². The van der Waals surface area contributed by atoms with Gasteiger partial charge in [0.05, 0.1) is 0 Å². The van der Waals surface area contributed by atoms with E-state index in [9.17, 15) is 4.79 Å². The predicted molar refractivity (Wildman–Crippen MR) is 62.7 cm³/mol. The molecule has 0 amide bonds. The molecule has 0 aliphatic carbocycles. The Bertz CT molecular complexity index is 600. The van der Waals surface area contributed by atoms with Crippen molar-refractivity contribution < 1.29 is 23.0 Å². The molecule has 16 heavy (non-hydrogen) atoms. The van der Waals surface area contributed by atoms with Gasteiger partial charge in [-0.05, 0) is 0 Å². The van der Waals surface area contributed by atoms with Crippen LogP contribution in [0.4, 0.5) is 0 Å². The Labute approximate surface area is 96.1 Å². The zero-order valence-corrected chi connectivity index (χ0v) is 14.2. The second-order valence-electron chi connectivity index (χ2n) is 6.22. The maximum absolute atomic E-state index is 12.3. The summed E-state index contributed by atoms with van der Waals surface area (Å²) in [6.45, 7) is 0. The summed E-state index contributed by atoms with van der Waals surface area (Å²) in [5.74, 6) is 0. The zero-order chi connectivity index (χ0) is 12.0. The summed E-state index contributed by atoms with van der Waals surface area (Å²) >= 11 is -3.30. The number of benzene rings is 1. The van der Waals surface area contributed by atoms with Crippen molar-refractivity contribution in [1.29, 1.82) is 0 Å². The summed E-state index contributed by atoms with van der Waals surface area (Å²) in [5.41, 5.74) is 0.671. The predicted octanol–water partition coefficient (Wildman–Crippen LogP) is 2.44. The molecule has 2 rings (SSSR count). The summed E-state index contributed by atoms with van der Waals surface area (Å²) in [5, 5.41) is 8.89. The normalized spacial score (nSPS) is 14.6. The van der Waals surface area contributed by atoms with Crippen molar-refractivity contribution in [3.05, 3.63) is 34.6 Å².